The zero-order chi connectivity index (χ0) is 10.3. The lowest BCUT2D eigenvalue weighted by Crippen LogP contribution is -2.37. The van der Waals surface area contributed by atoms with Crippen LogP contribution in [0.4, 0.5) is 0 Å². The molecule has 0 radical (unpaired) electrons. The standard InChI is InChI=1S/C10H18O2S/c1-9(2,3)13-10(4,8(11)12)7-5-6-7/h7H,5-6H2,1-4H3,(H,11,12). The van der Waals surface area contributed by atoms with E-state index in [1.54, 1.807) is 11.8 Å². The van der Waals surface area contributed by atoms with Gasteiger partial charge in [-0.2, -0.15) is 0 Å². The van der Waals surface area contributed by atoms with Crippen molar-refractivity contribution in [2.24, 2.45) is 5.92 Å². The first-order chi connectivity index (χ1) is 5.76. The summed E-state index contributed by atoms with van der Waals surface area (Å²) < 4.78 is -0.548. The van der Waals surface area contributed by atoms with Crippen LogP contribution in [-0.2, 0) is 4.79 Å². The maximum Gasteiger partial charge on any atom is 0.319 e. The molecular formula is C10H18O2S. The van der Waals surface area contributed by atoms with Crippen molar-refractivity contribution in [3.05, 3.63) is 0 Å². The fourth-order valence-electron chi connectivity index (χ4n) is 1.57. The Morgan fingerprint density at radius 1 is 1.31 bits per heavy atom. The van der Waals surface area contributed by atoms with E-state index in [4.69, 9.17) is 0 Å². The second kappa shape index (κ2) is 3.19. The molecule has 0 spiro atoms. The summed E-state index contributed by atoms with van der Waals surface area (Å²) in [5, 5.41) is 9.19. The van der Waals surface area contributed by atoms with E-state index in [1.165, 1.54) is 0 Å². The van der Waals surface area contributed by atoms with Crippen LogP contribution in [-0.4, -0.2) is 20.6 Å². The minimum atomic E-state index is -0.657. The Labute approximate surface area is 84.1 Å². The Balaban J connectivity index is 2.73. The smallest absolute Gasteiger partial charge is 0.319 e. The van der Waals surface area contributed by atoms with Gasteiger partial charge in [-0.25, -0.2) is 0 Å². The molecule has 0 aliphatic heterocycles. The maximum absolute atomic E-state index is 11.2. The lowest BCUT2D eigenvalue weighted by Gasteiger charge is -2.31. The summed E-state index contributed by atoms with van der Waals surface area (Å²) in [6.45, 7) is 8.08. The molecule has 1 rings (SSSR count). The number of thioether (sulfide) groups is 1. The van der Waals surface area contributed by atoms with Crippen LogP contribution in [0.2, 0.25) is 0 Å². The summed E-state index contributed by atoms with van der Waals surface area (Å²) in [6.07, 6.45) is 2.15. The van der Waals surface area contributed by atoms with Gasteiger partial charge >= 0.3 is 5.97 Å². The number of hydrogen-bond acceptors (Lipinski definition) is 2. The fourth-order valence-corrected chi connectivity index (χ4v) is 3.33. The Morgan fingerprint density at radius 3 is 2.00 bits per heavy atom. The van der Waals surface area contributed by atoms with Gasteiger partial charge < -0.3 is 5.11 Å². The monoisotopic (exact) mass is 202 g/mol. The van der Waals surface area contributed by atoms with Gasteiger partial charge in [0.2, 0.25) is 0 Å². The van der Waals surface area contributed by atoms with E-state index in [-0.39, 0.29) is 4.75 Å². The molecule has 1 unspecified atom stereocenters. The number of aliphatic carboxylic acids is 1. The lowest BCUT2D eigenvalue weighted by atomic mass is 10.1. The third-order valence-electron chi connectivity index (χ3n) is 2.30. The average molecular weight is 202 g/mol. The first kappa shape index (κ1) is 10.9. The first-order valence-electron chi connectivity index (χ1n) is 4.69. The zero-order valence-electron chi connectivity index (χ0n) is 8.76. The summed E-state index contributed by atoms with van der Waals surface area (Å²) in [4.78, 5) is 11.2. The van der Waals surface area contributed by atoms with E-state index >= 15 is 0 Å². The van der Waals surface area contributed by atoms with Gasteiger partial charge in [0.15, 0.2) is 0 Å². The van der Waals surface area contributed by atoms with Gasteiger partial charge in [0.05, 0.1) is 0 Å². The highest BCUT2D eigenvalue weighted by Gasteiger charge is 2.49. The van der Waals surface area contributed by atoms with Gasteiger partial charge in [0.25, 0.3) is 0 Å². The van der Waals surface area contributed by atoms with E-state index < -0.39 is 10.7 Å². The highest BCUT2D eigenvalue weighted by molar-refractivity contribution is 8.02. The van der Waals surface area contributed by atoms with E-state index in [1.807, 2.05) is 6.92 Å². The Kier molecular flexibility index (Phi) is 2.68. The summed E-state index contributed by atoms with van der Waals surface area (Å²) in [6, 6.07) is 0. The molecular weight excluding hydrogens is 184 g/mol. The predicted molar refractivity (Wildman–Crippen MR) is 56.1 cm³/mol. The van der Waals surface area contributed by atoms with E-state index in [9.17, 15) is 9.90 Å². The SMILES string of the molecule is CC(C)(C)SC(C)(C(=O)O)C1CC1. The van der Waals surface area contributed by atoms with Crippen molar-refractivity contribution < 1.29 is 9.90 Å². The predicted octanol–water partition coefficient (Wildman–Crippen LogP) is 2.77. The fraction of sp³-hybridized carbons (Fsp3) is 0.900. The van der Waals surface area contributed by atoms with E-state index in [2.05, 4.69) is 20.8 Å². The molecule has 1 fully saturated rings. The van der Waals surface area contributed by atoms with Gasteiger partial charge in [-0.05, 0) is 25.7 Å². The van der Waals surface area contributed by atoms with E-state index in [0.717, 1.165) is 12.8 Å². The summed E-state index contributed by atoms with van der Waals surface area (Å²) in [7, 11) is 0. The molecule has 0 heterocycles. The molecule has 2 nitrogen and oxygen atoms in total. The minimum Gasteiger partial charge on any atom is -0.480 e. The number of carboxylic acid groups (broad SMARTS) is 1. The second-order valence-corrected chi connectivity index (χ2v) is 7.18. The quantitative estimate of drug-likeness (QED) is 0.764. The number of carboxylic acids is 1. The normalized spacial score (nSPS) is 22.5. The van der Waals surface area contributed by atoms with Crippen LogP contribution < -0.4 is 0 Å². The van der Waals surface area contributed by atoms with Gasteiger partial charge in [-0.3, -0.25) is 4.79 Å². The van der Waals surface area contributed by atoms with Crippen LogP contribution >= 0.6 is 11.8 Å². The van der Waals surface area contributed by atoms with Crippen LogP contribution in [0.1, 0.15) is 40.5 Å². The largest absolute Gasteiger partial charge is 0.480 e. The molecule has 1 N–H and O–H groups in total. The van der Waals surface area contributed by atoms with Crippen LogP contribution in [0.15, 0.2) is 0 Å². The van der Waals surface area contributed by atoms with Crippen molar-refractivity contribution in [3.63, 3.8) is 0 Å². The van der Waals surface area contributed by atoms with Gasteiger partial charge in [-0.15, -0.1) is 11.8 Å². The lowest BCUT2D eigenvalue weighted by molar-refractivity contribution is -0.140. The first-order valence-corrected chi connectivity index (χ1v) is 5.51. The van der Waals surface area contributed by atoms with Crippen LogP contribution in [0.3, 0.4) is 0 Å². The summed E-state index contributed by atoms with van der Waals surface area (Å²) in [5.74, 6) is -0.274. The highest BCUT2D eigenvalue weighted by atomic mass is 32.2. The molecule has 76 valence electrons. The molecule has 0 amide bonds. The van der Waals surface area contributed by atoms with Crippen molar-refractivity contribution in [3.8, 4) is 0 Å². The van der Waals surface area contributed by atoms with Crippen LogP contribution in [0, 0.1) is 5.92 Å². The van der Waals surface area contributed by atoms with Crippen molar-refractivity contribution in [2.45, 2.75) is 50.0 Å². The second-order valence-electron chi connectivity index (χ2n) is 4.90. The summed E-state index contributed by atoms with van der Waals surface area (Å²) in [5.41, 5.74) is 0. The molecule has 3 heteroatoms. The minimum absolute atomic E-state index is 0.0235. The van der Waals surface area contributed by atoms with Crippen LogP contribution in [0.25, 0.3) is 0 Å². The van der Waals surface area contributed by atoms with Crippen LogP contribution in [0.5, 0.6) is 0 Å². The van der Waals surface area contributed by atoms with Gasteiger partial charge in [0.1, 0.15) is 4.75 Å². The molecule has 1 atom stereocenters. The van der Waals surface area contributed by atoms with E-state index in [0.29, 0.717) is 5.92 Å². The molecule has 0 bridgehead atoms. The van der Waals surface area contributed by atoms with Crippen molar-refractivity contribution in [1.82, 2.24) is 0 Å². The molecule has 0 aromatic heterocycles. The molecule has 1 saturated carbocycles. The van der Waals surface area contributed by atoms with Crippen molar-refractivity contribution in [2.75, 3.05) is 0 Å². The Hall–Kier alpha value is -0.180. The van der Waals surface area contributed by atoms with Crippen molar-refractivity contribution >= 4 is 17.7 Å². The van der Waals surface area contributed by atoms with Gasteiger partial charge in [0, 0.05) is 4.75 Å². The Morgan fingerprint density at radius 2 is 1.77 bits per heavy atom. The van der Waals surface area contributed by atoms with Crippen molar-refractivity contribution in [1.29, 1.82) is 0 Å². The summed E-state index contributed by atoms with van der Waals surface area (Å²) >= 11 is 1.58. The number of rotatable bonds is 3. The number of hydrogen-bond donors (Lipinski definition) is 1. The highest BCUT2D eigenvalue weighted by Crippen LogP contribution is 2.51. The zero-order valence-corrected chi connectivity index (χ0v) is 9.57. The molecule has 0 saturated heterocycles. The molecule has 0 aromatic carbocycles. The molecule has 0 aromatic rings. The maximum atomic E-state index is 11.2. The third-order valence-corrected chi connectivity index (χ3v) is 3.84. The number of carbonyl (C=O) groups is 1. The topological polar surface area (TPSA) is 37.3 Å². The third kappa shape index (κ3) is 2.63. The molecule has 1 aliphatic carbocycles. The Bertz CT molecular complexity index is 215. The van der Waals surface area contributed by atoms with Gasteiger partial charge in [-0.1, -0.05) is 20.8 Å². The molecule has 13 heavy (non-hydrogen) atoms. The molecule has 1 aliphatic rings. The average Bonchev–Trinajstić information content (AvgIpc) is 2.62.